The van der Waals surface area contributed by atoms with Crippen LogP contribution in [0.3, 0.4) is 0 Å². The monoisotopic (exact) mass is 506 g/mol. The minimum Gasteiger partial charge on any atom is -0.462 e. The van der Waals surface area contributed by atoms with Crippen LogP contribution in [0.4, 0.5) is 10.0 Å². The molecule has 4 rings (SSSR count). The molecule has 0 atom stereocenters. The van der Waals surface area contributed by atoms with E-state index in [1.807, 2.05) is 60.7 Å². The molecule has 6 nitrogen and oxygen atoms in total. The summed E-state index contributed by atoms with van der Waals surface area (Å²) in [7, 11) is 0. The Labute approximate surface area is 212 Å². The van der Waals surface area contributed by atoms with Gasteiger partial charge in [-0.2, -0.15) is 0 Å². The highest BCUT2D eigenvalue weighted by molar-refractivity contribution is 7.18. The van der Waals surface area contributed by atoms with Gasteiger partial charge in [-0.25, -0.2) is 9.59 Å². The summed E-state index contributed by atoms with van der Waals surface area (Å²) in [6.45, 7) is 4.03. The second-order valence-corrected chi connectivity index (χ2v) is 9.90. The van der Waals surface area contributed by atoms with Crippen molar-refractivity contribution in [3.05, 3.63) is 81.5 Å². The van der Waals surface area contributed by atoms with Crippen molar-refractivity contribution in [2.24, 2.45) is 0 Å². The molecule has 0 saturated heterocycles. The number of hydrogen-bond donors (Lipinski definition) is 2. The van der Waals surface area contributed by atoms with Crippen molar-refractivity contribution in [2.75, 3.05) is 24.7 Å². The lowest BCUT2D eigenvalue weighted by molar-refractivity contribution is 0.0519. The number of hydrogen-bond acceptors (Lipinski definition) is 8. The molecule has 0 aliphatic carbocycles. The van der Waals surface area contributed by atoms with Gasteiger partial charge in [0.1, 0.15) is 21.1 Å². The standard InChI is InChI=1S/C27H26N2O4S2/c1-3-32-26(30)22-20(16-11-7-5-8-12-16)18(34-24(22)28)15-19-21(17-13-9-6-10-14-17)23(25(29)35-19)27(31)33-4-2/h5-14H,3-4,15,28-29H2,1-2H3. The Hall–Kier alpha value is -3.62. The van der Waals surface area contributed by atoms with Gasteiger partial charge in [-0.3, -0.25) is 0 Å². The summed E-state index contributed by atoms with van der Waals surface area (Å²) in [6, 6.07) is 19.3. The zero-order valence-corrected chi connectivity index (χ0v) is 21.1. The topological polar surface area (TPSA) is 105 Å². The molecule has 0 radical (unpaired) electrons. The minimum absolute atomic E-state index is 0.250. The van der Waals surface area contributed by atoms with E-state index in [0.717, 1.165) is 32.0 Å². The average Bonchev–Trinajstić information content (AvgIpc) is 3.36. The van der Waals surface area contributed by atoms with E-state index in [-0.39, 0.29) is 13.2 Å². The number of anilines is 2. The molecule has 0 aliphatic heterocycles. The predicted molar refractivity (Wildman–Crippen MR) is 143 cm³/mol. The van der Waals surface area contributed by atoms with Gasteiger partial charge < -0.3 is 20.9 Å². The minimum atomic E-state index is -0.451. The molecule has 4 N–H and O–H groups in total. The third-order valence-electron chi connectivity index (χ3n) is 5.42. The van der Waals surface area contributed by atoms with Crippen LogP contribution < -0.4 is 11.5 Å². The second kappa shape index (κ2) is 10.8. The molecule has 0 amide bonds. The van der Waals surface area contributed by atoms with E-state index in [4.69, 9.17) is 20.9 Å². The van der Waals surface area contributed by atoms with Crippen molar-refractivity contribution in [1.29, 1.82) is 0 Å². The highest BCUT2D eigenvalue weighted by atomic mass is 32.1. The molecule has 0 unspecified atom stereocenters. The summed E-state index contributed by atoms with van der Waals surface area (Å²) in [5.74, 6) is -0.903. The zero-order chi connectivity index (χ0) is 24.9. The molecular formula is C27H26N2O4S2. The smallest absolute Gasteiger partial charge is 0.341 e. The molecule has 8 heteroatoms. The fraction of sp³-hybridized carbons (Fsp3) is 0.185. The molecule has 2 aromatic heterocycles. The summed E-state index contributed by atoms with van der Waals surface area (Å²) < 4.78 is 10.6. The van der Waals surface area contributed by atoms with Gasteiger partial charge in [0.15, 0.2) is 0 Å². The van der Waals surface area contributed by atoms with Crippen LogP contribution in [0.2, 0.25) is 0 Å². The number of carbonyl (C=O) groups excluding carboxylic acids is 2. The number of rotatable bonds is 8. The van der Waals surface area contributed by atoms with Crippen molar-refractivity contribution < 1.29 is 19.1 Å². The fourth-order valence-corrected chi connectivity index (χ4v) is 6.30. The van der Waals surface area contributed by atoms with Gasteiger partial charge in [-0.15, -0.1) is 22.7 Å². The number of ether oxygens (including phenoxy) is 2. The second-order valence-electron chi connectivity index (χ2n) is 7.63. The number of thiophene rings is 2. The van der Waals surface area contributed by atoms with Crippen LogP contribution in [-0.4, -0.2) is 25.2 Å². The third-order valence-corrected chi connectivity index (χ3v) is 7.46. The van der Waals surface area contributed by atoms with Crippen molar-refractivity contribution in [2.45, 2.75) is 20.3 Å². The van der Waals surface area contributed by atoms with E-state index in [9.17, 15) is 9.59 Å². The van der Waals surface area contributed by atoms with E-state index in [0.29, 0.717) is 27.5 Å². The molecule has 2 aromatic carbocycles. The summed E-state index contributed by atoms with van der Waals surface area (Å²) in [5, 5.41) is 0.794. The molecule has 180 valence electrons. The maximum Gasteiger partial charge on any atom is 0.341 e. The molecule has 2 heterocycles. The van der Waals surface area contributed by atoms with Crippen molar-refractivity contribution >= 4 is 44.6 Å². The molecule has 4 aromatic rings. The van der Waals surface area contributed by atoms with Crippen molar-refractivity contribution in [1.82, 2.24) is 0 Å². The van der Waals surface area contributed by atoms with Gasteiger partial charge in [0, 0.05) is 27.3 Å². The van der Waals surface area contributed by atoms with Crippen molar-refractivity contribution in [3.8, 4) is 22.3 Å². The lowest BCUT2D eigenvalue weighted by atomic mass is 9.96. The van der Waals surface area contributed by atoms with Gasteiger partial charge in [0.05, 0.1) is 13.2 Å². The van der Waals surface area contributed by atoms with Crippen LogP contribution in [0.25, 0.3) is 22.3 Å². The summed E-state index contributed by atoms with van der Waals surface area (Å²) >= 11 is 2.70. The van der Waals surface area contributed by atoms with Gasteiger partial charge in [-0.05, 0) is 25.0 Å². The number of carbonyl (C=O) groups is 2. The average molecular weight is 507 g/mol. The molecule has 0 spiro atoms. The maximum atomic E-state index is 12.9. The normalized spacial score (nSPS) is 10.8. The first-order chi connectivity index (χ1) is 17.0. The number of esters is 2. The molecule has 0 bridgehead atoms. The van der Waals surface area contributed by atoms with E-state index in [1.165, 1.54) is 22.7 Å². The van der Waals surface area contributed by atoms with E-state index in [2.05, 4.69) is 0 Å². The van der Waals surface area contributed by atoms with E-state index < -0.39 is 11.9 Å². The van der Waals surface area contributed by atoms with Crippen LogP contribution in [0, 0.1) is 0 Å². The summed E-state index contributed by atoms with van der Waals surface area (Å²) in [6.07, 6.45) is 0.441. The highest BCUT2D eigenvalue weighted by Gasteiger charge is 2.28. The number of nitrogen functional groups attached to an aromatic ring is 2. The zero-order valence-electron chi connectivity index (χ0n) is 19.5. The van der Waals surface area contributed by atoms with Crippen LogP contribution in [0.15, 0.2) is 60.7 Å². The molecular weight excluding hydrogens is 480 g/mol. The number of nitrogens with two attached hydrogens (primary N) is 2. The van der Waals surface area contributed by atoms with Crippen molar-refractivity contribution in [3.63, 3.8) is 0 Å². The number of benzene rings is 2. The maximum absolute atomic E-state index is 12.9. The first-order valence-electron chi connectivity index (χ1n) is 11.2. The Morgan fingerprint density at radius 2 is 1.06 bits per heavy atom. The van der Waals surface area contributed by atoms with Gasteiger partial charge in [0.25, 0.3) is 0 Å². The predicted octanol–water partition coefficient (Wildman–Crippen LogP) is 6.25. The Kier molecular flexibility index (Phi) is 7.53. The Bertz CT molecular complexity index is 1240. The quantitative estimate of drug-likeness (QED) is 0.274. The first kappa shape index (κ1) is 24.5. The van der Waals surface area contributed by atoms with Gasteiger partial charge >= 0.3 is 11.9 Å². The lowest BCUT2D eigenvalue weighted by Gasteiger charge is -2.10. The summed E-state index contributed by atoms with van der Waals surface area (Å²) in [5.41, 5.74) is 16.7. The highest BCUT2D eigenvalue weighted by Crippen LogP contribution is 2.45. The Balaban J connectivity index is 1.90. The van der Waals surface area contributed by atoms with Crippen LogP contribution in [-0.2, 0) is 15.9 Å². The van der Waals surface area contributed by atoms with Gasteiger partial charge in [-0.1, -0.05) is 60.7 Å². The molecule has 0 saturated carbocycles. The van der Waals surface area contributed by atoms with E-state index in [1.54, 1.807) is 13.8 Å². The molecule has 0 fully saturated rings. The fourth-order valence-electron chi connectivity index (χ4n) is 4.02. The van der Waals surface area contributed by atoms with E-state index >= 15 is 0 Å². The molecule has 35 heavy (non-hydrogen) atoms. The largest absolute Gasteiger partial charge is 0.462 e. The first-order valence-corrected chi connectivity index (χ1v) is 12.9. The van der Waals surface area contributed by atoms with Crippen LogP contribution in [0.5, 0.6) is 0 Å². The Morgan fingerprint density at radius 3 is 1.40 bits per heavy atom. The Morgan fingerprint density at radius 1 is 0.686 bits per heavy atom. The molecule has 0 aliphatic rings. The third kappa shape index (κ3) is 4.94. The summed E-state index contributed by atoms with van der Waals surface area (Å²) in [4.78, 5) is 27.5. The van der Waals surface area contributed by atoms with Crippen LogP contribution >= 0.6 is 22.7 Å². The van der Waals surface area contributed by atoms with Crippen LogP contribution in [0.1, 0.15) is 44.3 Å². The van der Waals surface area contributed by atoms with Gasteiger partial charge in [0.2, 0.25) is 0 Å². The SMILES string of the molecule is CCOC(=O)c1c(N)sc(Cc2sc(N)c(C(=O)OCC)c2-c2ccccc2)c1-c1ccccc1. The lowest BCUT2D eigenvalue weighted by Crippen LogP contribution is -2.08.